The average molecular weight is 536 g/mol. The molecule has 0 unspecified atom stereocenters. The zero-order chi connectivity index (χ0) is 26.9. The molecule has 190 valence electrons. The number of rotatable bonds is 7. The Morgan fingerprint density at radius 2 is 1.65 bits per heavy atom. The number of fused-ring (bicyclic) bond motifs is 3. The Bertz CT molecular complexity index is 1510. The molecule has 4 rings (SSSR count). The van der Waals surface area contributed by atoms with Crippen molar-refractivity contribution < 1.29 is 24.0 Å². The number of carbonyl (C=O) groups is 4. The fraction of sp³-hybridized carbons (Fsp3) is 0.259. The molecule has 37 heavy (non-hydrogen) atoms. The maximum absolute atomic E-state index is 13.2. The van der Waals surface area contributed by atoms with Crippen molar-refractivity contribution >= 4 is 84.2 Å². The minimum absolute atomic E-state index is 0.0237. The van der Waals surface area contributed by atoms with Gasteiger partial charge in [0.1, 0.15) is 11.3 Å². The van der Waals surface area contributed by atoms with Gasteiger partial charge in [-0.25, -0.2) is 4.79 Å². The zero-order valence-corrected chi connectivity index (χ0v) is 22.5. The molecule has 1 fully saturated rings. The van der Waals surface area contributed by atoms with Crippen LogP contribution in [-0.2, 0) is 19.2 Å². The molecule has 1 aromatic heterocycles. The van der Waals surface area contributed by atoms with Crippen molar-refractivity contribution in [2.24, 2.45) is 5.16 Å². The summed E-state index contributed by atoms with van der Waals surface area (Å²) >= 11 is 6.73. The molecule has 2 amide bonds. The molecule has 0 atom stereocenters. The van der Waals surface area contributed by atoms with Crippen LogP contribution in [0.4, 0.5) is 0 Å². The van der Waals surface area contributed by atoms with Crippen molar-refractivity contribution in [2.45, 2.75) is 33.1 Å². The maximum atomic E-state index is 13.2. The van der Waals surface area contributed by atoms with Gasteiger partial charge in [0.2, 0.25) is 5.78 Å². The van der Waals surface area contributed by atoms with E-state index in [1.807, 2.05) is 31.2 Å². The number of hydrogen-bond donors (Lipinski definition) is 0. The fourth-order valence-corrected chi connectivity index (χ4v) is 5.23. The molecule has 0 bridgehead atoms. The number of thiophene rings is 1. The third-order valence-electron chi connectivity index (χ3n) is 6.02. The highest BCUT2D eigenvalue weighted by Gasteiger charge is 2.35. The highest BCUT2D eigenvalue weighted by atomic mass is 32.1. The van der Waals surface area contributed by atoms with E-state index in [-0.39, 0.29) is 22.2 Å². The number of benzene rings is 2. The van der Waals surface area contributed by atoms with Crippen molar-refractivity contribution in [2.75, 3.05) is 14.1 Å². The van der Waals surface area contributed by atoms with Gasteiger partial charge >= 0.3 is 5.97 Å². The van der Waals surface area contributed by atoms with E-state index < -0.39 is 17.8 Å². The van der Waals surface area contributed by atoms with Crippen LogP contribution in [0.1, 0.15) is 49.0 Å². The van der Waals surface area contributed by atoms with Gasteiger partial charge in [-0.3, -0.25) is 24.2 Å². The van der Waals surface area contributed by atoms with E-state index in [0.717, 1.165) is 33.0 Å². The lowest BCUT2D eigenvalue weighted by atomic mass is 10.00. The molecule has 1 aliphatic heterocycles. The van der Waals surface area contributed by atoms with Crippen molar-refractivity contribution in [3.8, 4) is 0 Å². The van der Waals surface area contributed by atoms with Crippen LogP contribution in [0, 0.1) is 0 Å². The summed E-state index contributed by atoms with van der Waals surface area (Å²) in [7, 11) is 3.07. The van der Waals surface area contributed by atoms with Crippen molar-refractivity contribution in [3.05, 3.63) is 53.1 Å². The monoisotopic (exact) mass is 535 g/mol. The predicted molar refractivity (Wildman–Crippen MR) is 149 cm³/mol. The summed E-state index contributed by atoms with van der Waals surface area (Å²) in [6.45, 7) is 3.24. The molecular formula is C27H25N3O5S2. The highest BCUT2D eigenvalue weighted by molar-refractivity contribution is 7.80. The molecule has 1 aliphatic rings. The minimum atomic E-state index is -0.586. The zero-order valence-electron chi connectivity index (χ0n) is 20.9. The molecule has 3 aromatic rings. The van der Waals surface area contributed by atoms with Gasteiger partial charge in [0.25, 0.3) is 11.8 Å². The second kappa shape index (κ2) is 10.7. The summed E-state index contributed by atoms with van der Waals surface area (Å²) in [6, 6.07) is 11.1. The first-order valence-corrected chi connectivity index (χ1v) is 12.9. The number of oxime groups is 1. The molecule has 1 saturated heterocycles. The Morgan fingerprint density at radius 1 is 1.03 bits per heavy atom. The first-order valence-electron chi connectivity index (χ1n) is 11.7. The van der Waals surface area contributed by atoms with E-state index in [4.69, 9.17) is 17.1 Å². The lowest BCUT2D eigenvalue weighted by molar-refractivity contribution is -0.141. The lowest BCUT2D eigenvalue weighted by Crippen LogP contribution is -2.52. The lowest BCUT2D eigenvalue weighted by Gasteiger charge is -2.31. The van der Waals surface area contributed by atoms with E-state index >= 15 is 0 Å². The Kier molecular flexibility index (Phi) is 7.60. The molecular weight excluding hydrogens is 510 g/mol. The summed E-state index contributed by atoms with van der Waals surface area (Å²) in [6.07, 6.45) is 3.56. The standard InChI is InChI=1S/C27H25N3O5S2/c1-5-6-7-21(28-35-15(2)31)24(32)17-9-11-23-19(14-17)18-12-16(8-10-22(18)37-23)13-20-25(33)29(3)27(36)30(4)26(20)34/h8-14H,5-7H2,1-4H3. The normalized spacial score (nSPS) is 14.6. The van der Waals surface area contributed by atoms with Crippen LogP contribution in [0.25, 0.3) is 26.2 Å². The number of likely N-dealkylation sites (N-methyl/N-ethyl adjacent to an activating group) is 2. The number of unbranched alkanes of at least 4 members (excludes halogenated alkanes) is 1. The number of carbonyl (C=O) groups excluding carboxylic acids is 4. The second-order valence-corrected chi connectivity index (χ2v) is 10.1. The van der Waals surface area contributed by atoms with E-state index in [9.17, 15) is 19.2 Å². The van der Waals surface area contributed by atoms with E-state index in [1.54, 1.807) is 29.5 Å². The van der Waals surface area contributed by atoms with E-state index in [1.165, 1.54) is 30.8 Å². The van der Waals surface area contributed by atoms with Gasteiger partial charge in [0, 0.05) is 46.8 Å². The fourth-order valence-electron chi connectivity index (χ4n) is 4.00. The predicted octanol–water partition coefficient (Wildman–Crippen LogP) is 4.95. The van der Waals surface area contributed by atoms with Gasteiger partial charge in [-0.05, 0) is 67.0 Å². The van der Waals surface area contributed by atoms with Crippen molar-refractivity contribution in [3.63, 3.8) is 0 Å². The van der Waals surface area contributed by atoms with Crippen LogP contribution in [0.5, 0.6) is 0 Å². The molecule has 8 nitrogen and oxygen atoms in total. The Balaban J connectivity index is 1.75. The Hall–Kier alpha value is -3.76. The number of Topliss-reactive ketones (excluding diaryl/α,β-unsaturated/α-hetero) is 1. The minimum Gasteiger partial charge on any atom is -0.318 e. The highest BCUT2D eigenvalue weighted by Crippen LogP contribution is 2.35. The van der Waals surface area contributed by atoms with Gasteiger partial charge in [0.05, 0.1) is 0 Å². The molecule has 2 aromatic carbocycles. The molecule has 0 N–H and O–H groups in total. The summed E-state index contributed by atoms with van der Waals surface area (Å²) in [5, 5.41) is 5.72. The van der Waals surface area contributed by atoms with Crippen LogP contribution < -0.4 is 0 Å². The van der Waals surface area contributed by atoms with Crippen molar-refractivity contribution in [1.29, 1.82) is 0 Å². The van der Waals surface area contributed by atoms with Crippen molar-refractivity contribution in [1.82, 2.24) is 9.80 Å². The average Bonchev–Trinajstić information content (AvgIpc) is 3.25. The largest absolute Gasteiger partial charge is 0.331 e. The van der Waals surface area contributed by atoms with Crippen LogP contribution in [0.15, 0.2) is 47.1 Å². The van der Waals surface area contributed by atoms with E-state index in [2.05, 4.69) is 5.16 Å². The topological polar surface area (TPSA) is 96.3 Å². The summed E-state index contributed by atoms with van der Waals surface area (Å²) in [5.41, 5.74) is 1.33. The van der Waals surface area contributed by atoms with Gasteiger partial charge < -0.3 is 4.84 Å². The summed E-state index contributed by atoms with van der Waals surface area (Å²) in [4.78, 5) is 57.2. The number of ketones is 1. The first-order chi connectivity index (χ1) is 17.6. The number of nitrogens with zero attached hydrogens (tertiary/aromatic N) is 3. The molecule has 0 aliphatic carbocycles. The quantitative estimate of drug-likeness (QED) is 0.0808. The first kappa shape index (κ1) is 26.3. The van der Waals surface area contributed by atoms with Crippen LogP contribution >= 0.6 is 23.6 Å². The van der Waals surface area contributed by atoms with E-state index in [0.29, 0.717) is 17.5 Å². The number of thiocarbonyl (C=S) groups is 1. The third-order valence-corrected chi connectivity index (χ3v) is 7.72. The summed E-state index contributed by atoms with van der Waals surface area (Å²) < 4.78 is 1.98. The molecule has 0 radical (unpaired) electrons. The SMILES string of the molecule is CCCCC(=NOC(C)=O)C(=O)c1ccc2sc3ccc(C=C4C(=O)N(C)C(=S)N(C)C4=O)cc3c2c1. The number of hydrogen-bond acceptors (Lipinski definition) is 8. The third kappa shape index (κ3) is 5.21. The molecule has 2 heterocycles. The maximum Gasteiger partial charge on any atom is 0.331 e. The number of amides is 2. The van der Waals surface area contributed by atoms with Gasteiger partial charge in [-0.15, -0.1) is 11.3 Å². The van der Waals surface area contributed by atoms with Crippen LogP contribution in [0.2, 0.25) is 0 Å². The molecule has 0 spiro atoms. The van der Waals surface area contributed by atoms with Gasteiger partial charge in [-0.1, -0.05) is 24.6 Å². The van der Waals surface area contributed by atoms with Gasteiger partial charge in [0.15, 0.2) is 5.11 Å². The molecule has 0 saturated carbocycles. The van der Waals surface area contributed by atoms with Gasteiger partial charge in [-0.2, -0.15) is 0 Å². The second-order valence-electron chi connectivity index (χ2n) is 8.69. The smallest absolute Gasteiger partial charge is 0.318 e. The Morgan fingerprint density at radius 3 is 2.27 bits per heavy atom. The Labute approximate surface area is 223 Å². The summed E-state index contributed by atoms with van der Waals surface area (Å²) in [5.74, 6) is -1.79. The molecule has 10 heteroatoms. The van der Waals surface area contributed by atoms with Crippen LogP contribution in [0.3, 0.4) is 0 Å². The van der Waals surface area contributed by atoms with Crippen LogP contribution in [-0.4, -0.2) is 58.3 Å².